The van der Waals surface area contributed by atoms with Gasteiger partial charge in [-0.3, -0.25) is 19.2 Å². The molecule has 12 atom stereocenters. The van der Waals surface area contributed by atoms with Crippen molar-refractivity contribution in [2.75, 3.05) is 13.2 Å². The fourth-order valence-corrected chi connectivity index (χ4v) is 12.0. The van der Waals surface area contributed by atoms with E-state index in [1.165, 1.54) is 25.3 Å². The molecule has 4 N–H and O–H groups in total. The second-order valence-corrected chi connectivity index (χ2v) is 20.3. The molecule has 338 valence electrons. The molecular formula is C48H71N3O10. The van der Waals surface area contributed by atoms with Crippen LogP contribution in [0.2, 0.25) is 0 Å². The highest BCUT2D eigenvalue weighted by atomic mass is 16.8. The lowest BCUT2D eigenvalue weighted by Gasteiger charge is -2.53. The summed E-state index contributed by atoms with van der Waals surface area (Å²) in [5, 5.41) is 27.0. The number of hydroxylamine groups is 2. The minimum Gasteiger partial charge on any atom is -0.458 e. The zero-order chi connectivity index (χ0) is 43.3. The third kappa shape index (κ3) is 8.46. The molecule has 0 spiro atoms. The van der Waals surface area contributed by atoms with Gasteiger partial charge in [-0.05, 0) is 87.2 Å². The topological polar surface area (TPSA) is 168 Å². The van der Waals surface area contributed by atoms with Crippen LogP contribution in [-0.2, 0) is 44.7 Å². The number of ether oxygens (including phenoxy) is 4. The van der Waals surface area contributed by atoms with Crippen LogP contribution in [0.5, 0.6) is 0 Å². The summed E-state index contributed by atoms with van der Waals surface area (Å²) in [6.07, 6.45) is 11.3. The average molecular weight is 850 g/mol. The van der Waals surface area contributed by atoms with E-state index in [2.05, 4.69) is 75.6 Å². The maximum atomic E-state index is 15.0. The van der Waals surface area contributed by atoms with Crippen molar-refractivity contribution in [2.24, 2.45) is 22.7 Å². The number of nitrogens with zero attached hydrogens (tertiary/aromatic N) is 1. The van der Waals surface area contributed by atoms with Gasteiger partial charge in [0.1, 0.15) is 35.9 Å². The number of fused-ring (bicyclic) bond motifs is 6. The van der Waals surface area contributed by atoms with Gasteiger partial charge < -0.3 is 39.8 Å². The van der Waals surface area contributed by atoms with E-state index in [4.69, 9.17) is 23.8 Å². The quantitative estimate of drug-likeness (QED) is 0.0840. The standard InChI is InChI=1S/C48H71N3O10/c1-7-9-11-20-47(21-12-10-8-2)59-38-35-27-48(44(56)50-37(29(3)53)42(54)49-23-24-52)40(43(55)57-35)51(61-41(48)39(38)60-47)28-31-15-13-30(14-16-31)25-32-17-18-36-46(6,58-36)22-19-34-33(32)26-45(34,4)5/h13-16,25,29,33-41,52-53H,7-12,17-24,26-28H2,1-6H3,(H,49,54)(H,50,56)/t29-,33+,34+,35?,36?,37+,38-,39-,40-,41+,46+,48?/m0/s1. The summed E-state index contributed by atoms with van der Waals surface area (Å²) in [5.41, 5.74) is 2.36. The second-order valence-electron chi connectivity index (χ2n) is 20.3. The van der Waals surface area contributed by atoms with E-state index in [9.17, 15) is 24.6 Å². The van der Waals surface area contributed by atoms with Gasteiger partial charge in [0.15, 0.2) is 11.8 Å². The van der Waals surface area contributed by atoms with Crippen molar-refractivity contribution in [3.05, 3.63) is 41.0 Å². The zero-order valence-corrected chi connectivity index (χ0v) is 37.3. The molecule has 0 aromatic heterocycles. The van der Waals surface area contributed by atoms with Crippen molar-refractivity contribution in [1.82, 2.24) is 15.7 Å². The number of nitrogens with one attached hydrogen (secondary N) is 2. The molecular weight excluding hydrogens is 779 g/mol. The number of hydrogen-bond donors (Lipinski definition) is 4. The van der Waals surface area contributed by atoms with E-state index in [1.54, 1.807) is 5.06 Å². The van der Waals surface area contributed by atoms with E-state index < -0.39 is 71.6 Å². The third-order valence-electron chi connectivity index (χ3n) is 15.5. The Balaban J connectivity index is 1.08. The molecule has 2 bridgehead atoms. The Morgan fingerprint density at radius 3 is 2.33 bits per heavy atom. The van der Waals surface area contributed by atoms with Crippen molar-refractivity contribution in [2.45, 2.75) is 198 Å². The summed E-state index contributed by atoms with van der Waals surface area (Å²) in [4.78, 5) is 49.4. The molecule has 4 heterocycles. The highest BCUT2D eigenvalue weighted by Crippen LogP contribution is 2.61. The van der Waals surface area contributed by atoms with Crippen LogP contribution in [0.15, 0.2) is 29.8 Å². The number of esters is 1. The SMILES string of the molecule is CCCCCC1(CCCCC)O[C@@H]2[C@H]3ON(Cc4ccc(C=C5CCC6O[C@]6(C)CC[C@@H]6[C@@H]5CC6(C)C)cc4)[C@H]4C(=O)OC(CC34C(=O)N[C@@H](C(=O)NCCO)[C@H](C)O)[C@@H]2O1. The maximum Gasteiger partial charge on any atom is 0.327 e. The summed E-state index contributed by atoms with van der Waals surface area (Å²) >= 11 is 0. The lowest BCUT2D eigenvalue weighted by molar-refractivity contribution is -0.224. The number of epoxide rings is 1. The third-order valence-corrected chi connectivity index (χ3v) is 15.5. The van der Waals surface area contributed by atoms with Gasteiger partial charge in [0.2, 0.25) is 11.8 Å². The van der Waals surface area contributed by atoms with Gasteiger partial charge in [-0.25, -0.2) is 0 Å². The number of amides is 2. The minimum atomic E-state index is -1.52. The highest BCUT2D eigenvalue weighted by Gasteiger charge is 2.76. The van der Waals surface area contributed by atoms with E-state index in [1.807, 2.05) is 0 Å². The van der Waals surface area contributed by atoms with E-state index >= 15 is 0 Å². The Morgan fingerprint density at radius 1 is 0.967 bits per heavy atom. The molecule has 1 aromatic carbocycles. The van der Waals surface area contributed by atoms with Crippen molar-refractivity contribution < 1.29 is 48.4 Å². The first-order valence-corrected chi connectivity index (χ1v) is 23.5. The van der Waals surface area contributed by atoms with Gasteiger partial charge in [-0.2, -0.15) is 5.06 Å². The zero-order valence-electron chi connectivity index (χ0n) is 37.3. The van der Waals surface area contributed by atoms with Crippen molar-refractivity contribution in [3.8, 4) is 0 Å². The van der Waals surface area contributed by atoms with E-state index in [0.29, 0.717) is 36.2 Å². The molecule has 13 nitrogen and oxygen atoms in total. The van der Waals surface area contributed by atoms with Gasteiger partial charge in [-0.1, -0.05) is 89.3 Å². The molecule has 61 heavy (non-hydrogen) atoms. The van der Waals surface area contributed by atoms with Gasteiger partial charge in [0, 0.05) is 25.8 Å². The molecule has 7 aliphatic rings. The molecule has 3 aliphatic carbocycles. The van der Waals surface area contributed by atoms with E-state index in [0.717, 1.165) is 68.9 Å². The summed E-state index contributed by atoms with van der Waals surface area (Å²) in [7, 11) is 0. The number of unbranched alkanes of at least 4 members (excludes halogenated alkanes) is 4. The molecule has 8 rings (SSSR count). The first-order valence-electron chi connectivity index (χ1n) is 23.5. The van der Waals surface area contributed by atoms with Gasteiger partial charge in [0.05, 0.1) is 31.0 Å². The molecule has 3 saturated carbocycles. The Kier molecular flexibility index (Phi) is 12.9. The first-order chi connectivity index (χ1) is 29.2. The number of benzene rings is 1. The Labute approximate surface area is 361 Å². The second kappa shape index (κ2) is 17.6. The fraction of sp³-hybridized carbons (Fsp3) is 0.771. The number of allylic oxidation sites excluding steroid dienone is 1. The van der Waals surface area contributed by atoms with E-state index in [-0.39, 0.29) is 31.7 Å². The molecule has 0 radical (unpaired) electrons. The summed E-state index contributed by atoms with van der Waals surface area (Å²) in [6.45, 7) is 12.7. The number of hydrogen-bond acceptors (Lipinski definition) is 11. The summed E-state index contributed by atoms with van der Waals surface area (Å²) in [5.74, 6) is -1.53. The van der Waals surface area contributed by atoms with Crippen LogP contribution in [-0.4, -0.2) is 106 Å². The van der Waals surface area contributed by atoms with Crippen molar-refractivity contribution in [1.29, 1.82) is 0 Å². The highest BCUT2D eigenvalue weighted by molar-refractivity contribution is 5.96. The van der Waals surface area contributed by atoms with Crippen LogP contribution >= 0.6 is 0 Å². The van der Waals surface area contributed by atoms with Gasteiger partial charge in [0.25, 0.3) is 0 Å². The maximum absolute atomic E-state index is 15.0. The monoisotopic (exact) mass is 850 g/mol. The lowest BCUT2D eigenvalue weighted by atomic mass is 9.52. The van der Waals surface area contributed by atoms with Gasteiger partial charge in [-0.15, -0.1) is 0 Å². The number of rotatable bonds is 17. The summed E-state index contributed by atoms with van der Waals surface area (Å²) in [6, 6.07) is 5.85. The fourth-order valence-electron chi connectivity index (χ4n) is 12.0. The van der Waals surface area contributed by atoms with Crippen molar-refractivity contribution in [3.63, 3.8) is 0 Å². The predicted molar refractivity (Wildman–Crippen MR) is 227 cm³/mol. The number of aliphatic hydroxyl groups is 2. The average Bonchev–Trinajstić information content (AvgIpc) is 3.50. The molecule has 4 saturated heterocycles. The number of aliphatic hydroxyl groups excluding tert-OH is 2. The Morgan fingerprint density at radius 2 is 1.67 bits per heavy atom. The molecule has 7 fully saturated rings. The van der Waals surface area contributed by atoms with Gasteiger partial charge >= 0.3 is 5.97 Å². The molecule has 2 amide bonds. The van der Waals surface area contributed by atoms with Crippen LogP contribution in [0.25, 0.3) is 6.08 Å². The minimum absolute atomic E-state index is 0.0332. The molecule has 3 unspecified atom stereocenters. The number of carbonyl (C=O) groups is 3. The van der Waals surface area contributed by atoms with Crippen LogP contribution in [0, 0.1) is 22.7 Å². The first kappa shape index (κ1) is 44.7. The molecule has 4 aliphatic heterocycles. The predicted octanol–water partition coefficient (Wildman–Crippen LogP) is 5.88. The normalized spacial score (nSPS) is 37.1. The van der Waals surface area contributed by atoms with Crippen LogP contribution in [0.3, 0.4) is 0 Å². The van der Waals surface area contributed by atoms with Crippen LogP contribution in [0.4, 0.5) is 0 Å². The lowest BCUT2D eigenvalue weighted by Crippen LogP contribution is -2.71. The molecule has 1 aromatic rings. The smallest absolute Gasteiger partial charge is 0.327 e. The van der Waals surface area contributed by atoms with Crippen LogP contribution < -0.4 is 10.6 Å². The number of carbonyl (C=O) groups excluding carboxylic acids is 3. The Hall–Kier alpha value is -2.91. The van der Waals surface area contributed by atoms with Crippen molar-refractivity contribution >= 4 is 23.9 Å². The Bertz CT molecular complexity index is 1790. The molecule has 13 heteroatoms. The largest absolute Gasteiger partial charge is 0.458 e. The summed E-state index contributed by atoms with van der Waals surface area (Å²) < 4.78 is 26.3. The van der Waals surface area contributed by atoms with Crippen LogP contribution in [0.1, 0.15) is 143 Å².